The van der Waals surface area contributed by atoms with Crippen LogP contribution in [0.4, 0.5) is 0 Å². The number of nitrogens with one attached hydrogen (secondary N) is 3. The van der Waals surface area contributed by atoms with Crippen molar-refractivity contribution in [3.05, 3.63) is 53.5 Å². The molecule has 5 heteroatoms. The molecule has 0 aliphatic carbocycles. The van der Waals surface area contributed by atoms with Gasteiger partial charge in [0.1, 0.15) is 0 Å². The lowest BCUT2D eigenvalue weighted by Crippen LogP contribution is -2.27. The van der Waals surface area contributed by atoms with E-state index in [1.54, 1.807) is 6.20 Å². The van der Waals surface area contributed by atoms with Gasteiger partial charge in [0.05, 0.1) is 12.6 Å². The van der Waals surface area contributed by atoms with E-state index >= 15 is 0 Å². The van der Waals surface area contributed by atoms with Crippen molar-refractivity contribution in [3.63, 3.8) is 0 Å². The van der Waals surface area contributed by atoms with E-state index in [-0.39, 0.29) is 5.91 Å². The minimum atomic E-state index is 0.0425. The smallest absolute Gasteiger partial charge is 0.224 e. The maximum atomic E-state index is 12.0. The van der Waals surface area contributed by atoms with Crippen LogP contribution in [0, 0.1) is 6.92 Å². The number of aromatic amines is 2. The number of aromatic nitrogens is 3. The van der Waals surface area contributed by atoms with Gasteiger partial charge in [-0.15, -0.1) is 0 Å². The summed E-state index contributed by atoms with van der Waals surface area (Å²) < 4.78 is 0. The first kappa shape index (κ1) is 13.4. The first-order chi connectivity index (χ1) is 10.2. The van der Waals surface area contributed by atoms with Crippen LogP contribution in [0.2, 0.25) is 0 Å². The van der Waals surface area contributed by atoms with E-state index < -0.39 is 0 Å². The van der Waals surface area contributed by atoms with Crippen LogP contribution in [0.1, 0.15) is 16.7 Å². The average molecular weight is 282 g/mol. The molecule has 3 aromatic rings. The molecular formula is C16H18N4O. The predicted octanol–water partition coefficient (Wildman–Crippen LogP) is 2.10. The van der Waals surface area contributed by atoms with Crippen LogP contribution in [0.25, 0.3) is 10.9 Å². The molecular weight excluding hydrogens is 264 g/mol. The Morgan fingerprint density at radius 3 is 3.05 bits per heavy atom. The highest BCUT2D eigenvalue weighted by molar-refractivity contribution is 5.90. The van der Waals surface area contributed by atoms with Crippen molar-refractivity contribution in [2.75, 3.05) is 6.54 Å². The Morgan fingerprint density at radius 2 is 2.24 bits per heavy atom. The highest BCUT2D eigenvalue weighted by Crippen LogP contribution is 2.21. The topological polar surface area (TPSA) is 73.6 Å². The van der Waals surface area contributed by atoms with Crippen LogP contribution in [0.3, 0.4) is 0 Å². The van der Waals surface area contributed by atoms with E-state index in [1.165, 1.54) is 5.56 Å². The molecule has 0 bridgehead atoms. The van der Waals surface area contributed by atoms with Gasteiger partial charge in [-0.2, -0.15) is 5.10 Å². The van der Waals surface area contributed by atoms with Crippen LogP contribution in [-0.2, 0) is 17.6 Å². The molecule has 0 saturated carbocycles. The number of benzene rings is 1. The number of para-hydroxylation sites is 1. The summed E-state index contributed by atoms with van der Waals surface area (Å²) in [4.78, 5) is 15.3. The molecule has 0 atom stereocenters. The van der Waals surface area contributed by atoms with Crippen LogP contribution >= 0.6 is 0 Å². The summed E-state index contributed by atoms with van der Waals surface area (Å²) in [5.74, 6) is 0.0425. The van der Waals surface area contributed by atoms with Gasteiger partial charge in [-0.05, 0) is 30.0 Å². The van der Waals surface area contributed by atoms with Gasteiger partial charge in [0, 0.05) is 29.8 Å². The van der Waals surface area contributed by atoms with E-state index in [4.69, 9.17) is 0 Å². The number of hydrogen-bond donors (Lipinski definition) is 3. The number of H-pyrrole nitrogens is 2. The Labute approximate surface area is 122 Å². The predicted molar refractivity (Wildman–Crippen MR) is 82.0 cm³/mol. The van der Waals surface area contributed by atoms with Crippen LogP contribution in [0.5, 0.6) is 0 Å². The van der Waals surface area contributed by atoms with Gasteiger partial charge in [0.25, 0.3) is 0 Å². The second-order valence-corrected chi connectivity index (χ2v) is 5.19. The third kappa shape index (κ3) is 2.97. The molecule has 21 heavy (non-hydrogen) atoms. The van der Waals surface area contributed by atoms with Crippen molar-refractivity contribution in [2.45, 2.75) is 19.8 Å². The summed E-state index contributed by atoms with van der Waals surface area (Å²) in [5, 5.41) is 10.7. The Balaban J connectivity index is 1.60. The SMILES string of the molecule is Cc1cccc2c(CC(=O)NCCc3cn[nH]c3)c[nH]c12. The summed E-state index contributed by atoms with van der Waals surface area (Å²) in [6.07, 6.45) is 6.72. The molecule has 1 aromatic carbocycles. The molecule has 0 aliphatic rings. The number of carbonyl (C=O) groups is 1. The molecule has 0 fully saturated rings. The first-order valence-electron chi connectivity index (χ1n) is 7.04. The largest absolute Gasteiger partial charge is 0.361 e. The average Bonchev–Trinajstić information content (AvgIpc) is 3.10. The van der Waals surface area contributed by atoms with Gasteiger partial charge in [0.2, 0.25) is 5.91 Å². The van der Waals surface area contributed by atoms with E-state index in [0.29, 0.717) is 13.0 Å². The van der Waals surface area contributed by atoms with Gasteiger partial charge in [-0.1, -0.05) is 18.2 Å². The summed E-state index contributed by atoms with van der Waals surface area (Å²) in [6, 6.07) is 6.13. The number of fused-ring (bicyclic) bond motifs is 1. The second-order valence-electron chi connectivity index (χ2n) is 5.19. The molecule has 2 heterocycles. The third-order valence-corrected chi connectivity index (χ3v) is 3.65. The van der Waals surface area contributed by atoms with Gasteiger partial charge in [0.15, 0.2) is 0 Å². The maximum Gasteiger partial charge on any atom is 0.224 e. The number of nitrogens with zero attached hydrogens (tertiary/aromatic N) is 1. The zero-order chi connectivity index (χ0) is 14.7. The molecule has 0 aliphatic heterocycles. The molecule has 0 spiro atoms. The molecule has 0 radical (unpaired) electrons. The third-order valence-electron chi connectivity index (χ3n) is 3.65. The van der Waals surface area contributed by atoms with Crippen LogP contribution < -0.4 is 5.32 Å². The number of carbonyl (C=O) groups excluding carboxylic acids is 1. The van der Waals surface area contributed by atoms with Crippen molar-refractivity contribution in [1.82, 2.24) is 20.5 Å². The fourth-order valence-corrected chi connectivity index (χ4v) is 2.51. The quantitative estimate of drug-likeness (QED) is 0.670. The fraction of sp³-hybridized carbons (Fsp3) is 0.250. The zero-order valence-electron chi connectivity index (χ0n) is 11.9. The lowest BCUT2D eigenvalue weighted by Gasteiger charge is -2.04. The number of amides is 1. The summed E-state index contributed by atoms with van der Waals surface area (Å²) >= 11 is 0. The standard InChI is InChI=1S/C16H18N4O/c1-11-3-2-4-14-13(10-18-16(11)14)7-15(21)17-6-5-12-8-19-20-9-12/h2-4,8-10,18H,5-7H2,1H3,(H,17,21)(H,19,20). The highest BCUT2D eigenvalue weighted by atomic mass is 16.1. The first-order valence-corrected chi connectivity index (χ1v) is 7.04. The number of rotatable bonds is 5. The normalized spacial score (nSPS) is 10.9. The van der Waals surface area contributed by atoms with Crippen LogP contribution in [0.15, 0.2) is 36.8 Å². The van der Waals surface area contributed by atoms with Crippen molar-refractivity contribution in [2.24, 2.45) is 0 Å². The molecule has 1 amide bonds. The van der Waals surface area contributed by atoms with Gasteiger partial charge in [-0.3, -0.25) is 9.89 Å². The molecule has 5 nitrogen and oxygen atoms in total. The Hall–Kier alpha value is -2.56. The fourth-order valence-electron chi connectivity index (χ4n) is 2.51. The Morgan fingerprint density at radius 1 is 1.33 bits per heavy atom. The molecule has 3 N–H and O–H groups in total. The molecule has 2 aromatic heterocycles. The molecule has 108 valence electrons. The van der Waals surface area contributed by atoms with Crippen molar-refractivity contribution in [1.29, 1.82) is 0 Å². The van der Waals surface area contributed by atoms with E-state index in [1.807, 2.05) is 24.5 Å². The monoisotopic (exact) mass is 282 g/mol. The van der Waals surface area contributed by atoms with Gasteiger partial charge in [-0.25, -0.2) is 0 Å². The van der Waals surface area contributed by atoms with Crippen molar-refractivity contribution < 1.29 is 4.79 Å². The lowest BCUT2D eigenvalue weighted by molar-refractivity contribution is -0.120. The summed E-state index contributed by atoms with van der Waals surface area (Å²) in [5.41, 5.74) is 4.44. The summed E-state index contributed by atoms with van der Waals surface area (Å²) in [7, 11) is 0. The lowest BCUT2D eigenvalue weighted by atomic mass is 10.1. The van der Waals surface area contributed by atoms with Crippen LogP contribution in [-0.4, -0.2) is 27.6 Å². The van der Waals surface area contributed by atoms with Gasteiger partial charge >= 0.3 is 0 Å². The molecule has 3 rings (SSSR count). The number of hydrogen-bond acceptors (Lipinski definition) is 2. The zero-order valence-corrected chi connectivity index (χ0v) is 11.9. The minimum Gasteiger partial charge on any atom is -0.361 e. The van der Waals surface area contributed by atoms with E-state index in [2.05, 4.69) is 33.5 Å². The van der Waals surface area contributed by atoms with Crippen molar-refractivity contribution in [3.8, 4) is 0 Å². The minimum absolute atomic E-state index is 0.0425. The Bertz CT molecular complexity index is 743. The highest BCUT2D eigenvalue weighted by Gasteiger charge is 2.09. The Kier molecular flexibility index (Phi) is 3.73. The molecule has 0 unspecified atom stereocenters. The van der Waals surface area contributed by atoms with E-state index in [9.17, 15) is 4.79 Å². The second kappa shape index (κ2) is 5.83. The van der Waals surface area contributed by atoms with Gasteiger partial charge < -0.3 is 10.3 Å². The van der Waals surface area contributed by atoms with E-state index in [0.717, 1.165) is 28.5 Å². The molecule has 0 saturated heterocycles. The maximum absolute atomic E-state index is 12.0. The van der Waals surface area contributed by atoms with Crippen molar-refractivity contribution >= 4 is 16.8 Å². The summed E-state index contributed by atoms with van der Waals surface area (Å²) in [6.45, 7) is 2.69. The number of aryl methyl sites for hydroxylation is 1.